The molecule has 4 rings (SSSR count). The molecular formula is C23H29N3O2S. The lowest BCUT2D eigenvalue weighted by molar-refractivity contribution is 0.0633. The Kier molecular flexibility index (Phi) is 6.96. The third-order valence-electron chi connectivity index (χ3n) is 5.50. The van der Waals surface area contributed by atoms with Crippen molar-refractivity contribution in [2.45, 2.75) is 45.6 Å². The predicted octanol–water partition coefficient (Wildman–Crippen LogP) is 5.14. The first-order valence-electron chi connectivity index (χ1n) is 10.5. The lowest BCUT2D eigenvalue weighted by Crippen LogP contribution is -2.16. The molecule has 1 saturated heterocycles. The van der Waals surface area contributed by atoms with E-state index < -0.39 is 0 Å². The molecule has 0 N–H and O–H groups in total. The number of aryl methyl sites for hydroxylation is 2. The average Bonchev–Trinajstić information content (AvgIpc) is 3.41. The highest BCUT2D eigenvalue weighted by molar-refractivity contribution is 7.13. The van der Waals surface area contributed by atoms with Crippen LogP contribution in [0.2, 0.25) is 0 Å². The van der Waals surface area contributed by atoms with Gasteiger partial charge in [0.1, 0.15) is 18.2 Å². The maximum Gasteiger partial charge on any atom is 0.191 e. The summed E-state index contributed by atoms with van der Waals surface area (Å²) in [5.74, 6) is 3.62. The van der Waals surface area contributed by atoms with Gasteiger partial charge < -0.3 is 9.47 Å². The van der Waals surface area contributed by atoms with Gasteiger partial charge in [-0.15, -0.1) is 16.4 Å². The van der Waals surface area contributed by atoms with Crippen LogP contribution < -0.4 is 4.74 Å². The number of para-hydroxylation sites is 1. The minimum atomic E-state index is 0.588. The molecule has 1 aliphatic heterocycles. The molecule has 0 amide bonds. The van der Waals surface area contributed by atoms with E-state index in [0.29, 0.717) is 13.2 Å². The molecule has 0 bridgehead atoms. The zero-order valence-corrected chi connectivity index (χ0v) is 17.9. The molecule has 3 heterocycles. The van der Waals surface area contributed by atoms with Gasteiger partial charge in [-0.25, -0.2) is 9.67 Å². The summed E-state index contributed by atoms with van der Waals surface area (Å²) in [6, 6.07) is 12.3. The molecule has 2 aromatic heterocycles. The van der Waals surface area contributed by atoms with E-state index in [1.54, 1.807) is 11.3 Å². The van der Waals surface area contributed by atoms with Gasteiger partial charge in [-0.3, -0.25) is 0 Å². The molecule has 1 aliphatic rings. The number of ether oxygens (including phenoxy) is 2. The van der Waals surface area contributed by atoms with Crippen LogP contribution >= 0.6 is 11.3 Å². The van der Waals surface area contributed by atoms with E-state index >= 15 is 0 Å². The summed E-state index contributed by atoms with van der Waals surface area (Å²) in [6.45, 7) is 5.20. The maximum atomic E-state index is 6.00. The largest absolute Gasteiger partial charge is 0.491 e. The van der Waals surface area contributed by atoms with Crippen LogP contribution in [0.5, 0.6) is 5.75 Å². The molecule has 5 nitrogen and oxygen atoms in total. The van der Waals surface area contributed by atoms with Gasteiger partial charge in [0, 0.05) is 19.6 Å². The van der Waals surface area contributed by atoms with E-state index in [9.17, 15) is 0 Å². The van der Waals surface area contributed by atoms with Crippen LogP contribution in [0.4, 0.5) is 0 Å². The van der Waals surface area contributed by atoms with Gasteiger partial charge in [0.05, 0.1) is 11.4 Å². The molecule has 0 unspecified atom stereocenters. The van der Waals surface area contributed by atoms with E-state index in [1.165, 1.54) is 19.3 Å². The van der Waals surface area contributed by atoms with Gasteiger partial charge in [0.2, 0.25) is 0 Å². The van der Waals surface area contributed by atoms with Gasteiger partial charge in [0.25, 0.3) is 0 Å². The third-order valence-corrected chi connectivity index (χ3v) is 6.36. The molecular weight excluding hydrogens is 382 g/mol. The molecule has 154 valence electrons. The van der Waals surface area contributed by atoms with Crippen LogP contribution in [-0.4, -0.2) is 34.6 Å². The van der Waals surface area contributed by atoms with Crippen LogP contribution in [0.15, 0.2) is 41.8 Å². The fraction of sp³-hybridized carbons (Fsp3) is 0.478. The highest BCUT2D eigenvalue weighted by atomic mass is 32.1. The molecule has 0 atom stereocenters. The molecule has 3 aromatic rings. The summed E-state index contributed by atoms with van der Waals surface area (Å²) in [5, 5.41) is 6.86. The first-order valence-corrected chi connectivity index (χ1v) is 11.4. The number of thiophene rings is 1. The number of benzene rings is 1. The molecule has 0 saturated carbocycles. The normalized spacial score (nSPS) is 14.9. The van der Waals surface area contributed by atoms with E-state index in [-0.39, 0.29) is 0 Å². The second-order valence-corrected chi connectivity index (χ2v) is 8.56. The Labute approximate surface area is 176 Å². The van der Waals surface area contributed by atoms with E-state index in [1.807, 2.05) is 28.9 Å². The van der Waals surface area contributed by atoms with E-state index in [4.69, 9.17) is 19.6 Å². The van der Waals surface area contributed by atoms with Crippen molar-refractivity contribution in [2.75, 3.05) is 19.8 Å². The first-order chi connectivity index (χ1) is 14.3. The van der Waals surface area contributed by atoms with Crippen molar-refractivity contribution in [2.24, 2.45) is 5.92 Å². The van der Waals surface area contributed by atoms with Crippen LogP contribution in [0.25, 0.3) is 10.7 Å². The van der Waals surface area contributed by atoms with Gasteiger partial charge in [-0.1, -0.05) is 24.3 Å². The summed E-state index contributed by atoms with van der Waals surface area (Å²) in [6.07, 6.45) is 5.73. The fourth-order valence-corrected chi connectivity index (χ4v) is 4.45. The fourth-order valence-electron chi connectivity index (χ4n) is 3.79. The van der Waals surface area contributed by atoms with Crippen molar-refractivity contribution >= 4 is 11.3 Å². The van der Waals surface area contributed by atoms with Crippen LogP contribution in [0.3, 0.4) is 0 Å². The monoisotopic (exact) mass is 411 g/mol. The van der Waals surface area contributed by atoms with Crippen molar-refractivity contribution < 1.29 is 9.47 Å². The number of rotatable bonds is 9. The smallest absolute Gasteiger partial charge is 0.191 e. The Balaban J connectivity index is 1.39. The highest BCUT2D eigenvalue weighted by Crippen LogP contribution is 2.24. The minimum absolute atomic E-state index is 0.588. The van der Waals surface area contributed by atoms with Crippen LogP contribution in [0.1, 0.15) is 37.1 Å². The summed E-state index contributed by atoms with van der Waals surface area (Å²) in [5.41, 5.74) is 1.15. The van der Waals surface area contributed by atoms with Crippen molar-refractivity contribution in [3.8, 4) is 16.5 Å². The molecule has 6 heteroatoms. The van der Waals surface area contributed by atoms with Gasteiger partial charge in [-0.2, -0.15) is 0 Å². The summed E-state index contributed by atoms with van der Waals surface area (Å²) < 4.78 is 13.5. The van der Waals surface area contributed by atoms with Crippen molar-refractivity contribution in [3.05, 3.63) is 53.2 Å². The van der Waals surface area contributed by atoms with Gasteiger partial charge in [-0.05, 0) is 61.6 Å². The number of nitrogens with zero attached hydrogens (tertiary/aromatic N) is 3. The lowest BCUT2D eigenvalue weighted by Gasteiger charge is -2.21. The van der Waals surface area contributed by atoms with E-state index in [0.717, 1.165) is 59.8 Å². The number of hydrogen-bond acceptors (Lipinski definition) is 5. The predicted molar refractivity (Wildman–Crippen MR) is 116 cm³/mol. The number of hydrogen-bond donors (Lipinski definition) is 0. The quantitative estimate of drug-likeness (QED) is 0.489. The van der Waals surface area contributed by atoms with Crippen LogP contribution in [-0.2, 0) is 17.7 Å². The SMILES string of the molecule is Cc1ccccc1OCCn1nc(-c2cccs2)nc1CCCC1CCOCC1. The van der Waals surface area contributed by atoms with Crippen molar-refractivity contribution in [1.82, 2.24) is 14.8 Å². The Bertz CT molecular complexity index is 885. The molecule has 1 aromatic carbocycles. The Morgan fingerprint density at radius 1 is 1.17 bits per heavy atom. The number of aromatic nitrogens is 3. The Morgan fingerprint density at radius 3 is 2.83 bits per heavy atom. The first kappa shape index (κ1) is 20.1. The summed E-state index contributed by atoms with van der Waals surface area (Å²) in [4.78, 5) is 5.98. The third kappa shape index (κ3) is 5.46. The van der Waals surface area contributed by atoms with E-state index in [2.05, 4.69) is 24.4 Å². The van der Waals surface area contributed by atoms with Gasteiger partial charge >= 0.3 is 0 Å². The lowest BCUT2D eigenvalue weighted by atomic mass is 9.94. The molecule has 0 aliphatic carbocycles. The second-order valence-electron chi connectivity index (χ2n) is 7.61. The maximum absolute atomic E-state index is 6.00. The Morgan fingerprint density at radius 2 is 2.03 bits per heavy atom. The van der Waals surface area contributed by atoms with Crippen molar-refractivity contribution in [1.29, 1.82) is 0 Å². The standard InChI is InChI=1S/C23H29N3O2S/c1-18-6-2-3-8-20(18)28-16-13-26-22(10-4-7-19-11-14-27-15-12-19)24-23(25-26)21-9-5-17-29-21/h2-3,5-6,8-9,17,19H,4,7,10-16H2,1H3. The van der Waals surface area contributed by atoms with Gasteiger partial charge in [0.15, 0.2) is 5.82 Å². The molecule has 1 fully saturated rings. The molecule has 0 radical (unpaired) electrons. The topological polar surface area (TPSA) is 49.2 Å². The zero-order valence-electron chi connectivity index (χ0n) is 17.0. The minimum Gasteiger partial charge on any atom is -0.491 e. The summed E-state index contributed by atoms with van der Waals surface area (Å²) in [7, 11) is 0. The highest BCUT2D eigenvalue weighted by Gasteiger charge is 2.16. The second kappa shape index (κ2) is 10.0. The average molecular weight is 412 g/mol. The van der Waals surface area contributed by atoms with Crippen molar-refractivity contribution in [3.63, 3.8) is 0 Å². The molecule has 0 spiro atoms. The van der Waals surface area contributed by atoms with Crippen LogP contribution in [0, 0.1) is 12.8 Å². The zero-order chi connectivity index (χ0) is 19.9. The molecule has 29 heavy (non-hydrogen) atoms. The Hall–Kier alpha value is -2.18. The summed E-state index contributed by atoms with van der Waals surface area (Å²) >= 11 is 1.68.